The predicted molar refractivity (Wildman–Crippen MR) is 113 cm³/mol. The number of carbonyl (C=O) groups excluding carboxylic acids is 1. The Morgan fingerprint density at radius 3 is 2.41 bits per heavy atom. The van der Waals surface area contributed by atoms with Gasteiger partial charge >= 0.3 is 6.18 Å². The minimum Gasteiger partial charge on any atom is -0.490 e. The van der Waals surface area contributed by atoms with Crippen molar-refractivity contribution in [2.75, 3.05) is 6.61 Å². The third-order valence-electron chi connectivity index (χ3n) is 4.60. The van der Waals surface area contributed by atoms with Gasteiger partial charge in [-0.3, -0.25) is 9.78 Å². The van der Waals surface area contributed by atoms with Gasteiger partial charge in [-0.25, -0.2) is 0 Å². The summed E-state index contributed by atoms with van der Waals surface area (Å²) in [5.41, 5.74) is 0.634. The van der Waals surface area contributed by atoms with Crippen LogP contribution in [0, 0.1) is 0 Å². The molecule has 0 saturated heterocycles. The maximum atomic E-state index is 13.0. The summed E-state index contributed by atoms with van der Waals surface area (Å²) in [4.78, 5) is 18.4. The van der Waals surface area contributed by atoms with E-state index in [0.717, 1.165) is 29.8 Å². The van der Waals surface area contributed by atoms with E-state index in [1.54, 1.807) is 48.8 Å². The molecule has 3 aromatic rings. The van der Waals surface area contributed by atoms with Gasteiger partial charge in [0.1, 0.15) is 12.4 Å². The molecule has 3 rings (SSSR count). The number of alkyl halides is 3. The first-order valence-electron chi connectivity index (χ1n) is 9.63. The molecule has 0 radical (unpaired) electrons. The van der Waals surface area contributed by atoms with E-state index in [4.69, 9.17) is 16.3 Å². The lowest BCUT2D eigenvalue weighted by molar-refractivity contribution is -0.143. The van der Waals surface area contributed by atoms with Crippen molar-refractivity contribution in [3.8, 4) is 5.75 Å². The Morgan fingerprint density at radius 2 is 1.78 bits per heavy atom. The monoisotopic (exact) mass is 464 g/mol. The van der Waals surface area contributed by atoms with Crippen molar-refractivity contribution < 1.29 is 27.8 Å². The molecule has 0 saturated carbocycles. The SMILES string of the molecule is O=C(C(O)COc1ccc(C(F)(F)F)cc1)N(Cc1cccnc1)Cc1ccccc1Cl. The first-order valence-corrected chi connectivity index (χ1v) is 10.0. The maximum absolute atomic E-state index is 13.0. The van der Waals surface area contributed by atoms with Gasteiger partial charge in [0.15, 0.2) is 6.10 Å². The van der Waals surface area contributed by atoms with Crippen LogP contribution >= 0.6 is 11.6 Å². The first kappa shape index (κ1) is 23.6. The lowest BCUT2D eigenvalue weighted by Crippen LogP contribution is -2.41. The van der Waals surface area contributed by atoms with Crippen molar-refractivity contribution in [2.45, 2.75) is 25.4 Å². The van der Waals surface area contributed by atoms with E-state index in [2.05, 4.69) is 4.98 Å². The fourth-order valence-corrected chi connectivity index (χ4v) is 3.15. The van der Waals surface area contributed by atoms with Crippen LogP contribution in [0.3, 0.4) is 0 Å². The average molecular weight is 465 g/mol. The predicted octanol–water partition coefficient (Wildman–Crippen LogP) is 4.72. The number of hydrogen-bond donors (Lipinski definition) is 1. The Morgan fingerprint density at radius 1 is 1.06 bits per heavy atom. The van der Waals surface area contributed by atoms with Crippen LogP contribution in [0.2, 0.25) is 5.02 Å². The highest BCUT2D eigenvalue weighted by atomic mass is 35.5. The zero-order valence-electron chi connectivity index (χ0n) is 16.8. The molecule has 0 aliphatic carbocycles. The van der Waals surface area contributed by atoms with Gasteiger partial charge in [0.2, 0.25) is 0 Å². The zero-order valence-corrected chi connectivity index (χ0v) is 17.6. The normalized spacial score (nSPS) is 12.3. The van der Waals surface area contributed by atoms with E-state index < -0.39 is 30.4 Å². The first-order chi connectivity index (χ1) is 15.2. The highest BCUT2D eigenvalue weighted by Crippen LogP contribution is 2.30. The smallest absolute Gasteiger partial charge is 0.416 e. The van der Waals surface area contributed by atoms with Gasteiger partial charge in [0, 0.05) is 30.5 Å². The van der Waals surface area contributed by atoms with Crippen LogP contribution in [0.5, 0.6) is 5.75 Å². The Balaban J connectivity index is 1.69. The summed E-state index contributed by atoms with van der Waals surface area (Å²) in [6, 6.07) is 14.6. The Hall–Kier alpha value is -3.10. The van der Waals surface area contributed by atoms with Crippen LogP contribution in [0.15, 0.2) is 73.1 Å². The van der Waals surface area contributed by atoms with E-state index in [1.165, 1.54) is 4.90 Å². The molecule has 0 fully saturated rings. The number of ether oxygens (including phenoxy) is 1. The third kappa shape index (κ3) is 6.45. The standard InChI is InChI=1S/C23H20ClF3N2O3/c24-20-6-2-1-5-17(20)14-29(13-16-4-3-11-28-12-16)22(31)21(30)15-32-19-9-7-18(8-10-19)23(25,26)27/h1-12,21,30H,13-15H2. The van der Waals surface area contributed by atoms with Gasteiger partial charge in [-0.15, -0.1) is 0 Å². The quantitative estimate of drug-likeness (QED) is 0.524. The van der Waals surface area contributed by atoms with Crippen molar-refractivity contribution in [2.24, 2.45) is 0 Å². The summed E-state index contributed by atoms with van der Waals surface area (Å²) in [5, 5.41) is 10.9. The Labute approximate surface area is 188 Å². The number of carbonyl (C=O) groups is 1. The summed E-state index contributed by atoms with van der Waals surface area (Å²) < 4.78 is 43.3. The lowest BCUT2D eigenvalue weighted by Gasteiger charge is -2.26. The largest absolute Gasteiger partial charge is 0.490 e. The van der Waals surface area contributed by atoms with Gasteiger partial charge in [-0.2, -0.15) is 13.2 Å². The van der Waals surface area contributed by atoms with Crippen LogP contribution in [-0.2, 0) is 24.1 Å². The lowest BCUT2D eigenvalue weighted by atomic mass is 10.1. The summed E-state index contributed by atoms with van der Waals surface area (Å²) in [6.07, 6.45) is -2.77. The van der Waals surface area contributed by atoms with Crippen molar-refractivity contribution in [1.29, 1.82) is 0 Å². The molecule has 1 amide bonds. The van der Waals surface area contributed by atoms with Gasteiger partial charge in [0.05, 0.1) is 5.56 Å². The average Bonchev–Trinajstić information content (AvgIpc) is 2.78. The zero-order chi connectivity index (χ0) is 23.1. The molecule has 1 N–H and O–H groups in total. The molecule has 168 valence electrons. The van der Waals surface area contributed by atoms with E-state index in [1.807, 2.05) is 0 Å². The molecule has 0 spiro atoms. The number of pyridine rings is 1. The summed E-state index contributed by atoms with van der Waals surface area (Å²) in [6.45, 7) is -0.101. The van der Waals surface area contributed by atoms with Crippen LogP contribution in [0.1, 0.15) is 16.7 Å². The second-order valence-corrected chi connectivity index (χ2v) is 7.40. The minimum atomic E-state index is -4.46. The number of halogens is 4. The van der Waals surface area contributed by atoms with Crippen molar-refractivity contribution in [3.05, 3.63) is 94.8 Å². The number of hydrogen-bond acceptors (Lipinski definition) is 4. The molecule has 0 aliphatic heterocycles. The van der Waals surface area contributed by atoms with Gasteiger partial charge < -0.3 is 14.7 Å². The number of aliphatic hydroxyl groups excluding tert-OH is 1. The molecule has 0 bridgehead atoms. The van der Waals surface area contributed by atoms with E-state index in [0.29, 0.717) is 10.6 Å². The van der Waals surface area contributed by atoms with Crippen LogP contribution in [0.25, 0.3) is 0 Å². The third-order valence-corrected chi connectivity index (χ3v) is 4.97. The summed E-state index contributed by atoms with van der Waals surface area (Å²) in [5.74, 6) is -0.504. The fraction of sp³-hybridized carbons (Fsp3) is 0.217. The molecule has 5 nitrogen and oxygen atoms in total. The summed E-state index contributed by atoms with van der Waals surface area (Å²) >= 11 is 6.22. The minimum absolute atomic E-state index is 0.106. The van der Waals surface area contributed by atoms with Crippen molar-refractivity contribution in [1.82, 2.24) is 9.88 Å². The molecule has 2 aromatic carbocycles. The Kier molecular flexibility index (Phi) is 7.71. The second-order valence-electron chi connectivity index (χ2n) is 7.00. The van der Waals surface area contributed by atoms with Gasteiger partial charge in [0.25, 0.3) is 5.91 Å². The molecular formula is C23H20ClF3N2O3. The highest BCUT2D eigenvalue weighted by Gasteiger charge is 2.30. The van der Waals surface area contributed by atoms with Crippen LogP contribution < -0.4 is 4.74 Å². The van der Waals surface area contributed by atoms with E-state index in [-0.39, 0.29) is 18.8 Å². The molecule has 9 heteroatoms. The molecule has 1 aromatic heterocycles. The number of rotatable bonds is 8. The van der Waals surface area contributed by atoms with Crippen molar-refractivity contribution >= 4 is 17.5 Å². The number of benzene rings is 2. The van der Waals surface area contributed by atoms with E-state index >= 15 is 0 Å². The molecule has 0 aliphatic rings. The molecule has 1 unspecified atom stereocenters. The Bertz CT molecular complexity index is 1030. The molecule has 32 heavy (non-hydrogen) atoms. The molecular weight excluding hydrogens is 445 g/mol. The van der Waals surface area contributed by atoms with Crippen LogP contribution in [-0.4, -0.2) is 33.6 Å². The number of aliphatic hydroxyl groups is 1. The van der Waals surface area contributed by atoms with E-state index in [9.17, 15) is 23.1 Å². The van der Waals surface area contributed by atoms with Crippen molar-refractivity contribution in [3.63, 3.8) is 0 Å². The van der Waals surface area contributed by atoms with Crippen LogP contribution in [0.4, 0.5) is 13.2 Å². The van der Waals surface area contributed by atoms with Gasteiger partial charge in [-0.05, 0) is 47.5 Å². The maximum Gasteiger partial charge on any atom is 0.416 e. The van der Waals surface area contributed by atoms with Gasteiger partial charge in [-0.1, -0.05) is 35.9 Å². The highest BCUT2D eigenvalue weighted by molar-refractivity contribution is 6.31. The number of aromatic nitrogens is 1. The number of amides is 1. The summed E-state index contributed by atoms with van der Waals surface area (Å²) in [7, 11) is 0. The fourth-order valence-electron chi connectivity index (χ4n) is 2.95. The second kappa shape index (κ2) is 10.5. The molecule has 1 heterocycles. The topological polar surface area (TPSA) is 62.7 Å². The number of nitrogens with zero attached hydrogens (tertiary/aromatic N) is 2. The molecule has 1 atom stereocenters.